The molecular formula is C7H8ClIN2O3. The number of ether oxygens (including phenoxy) is 1. The largest absolute Gasteiger partial charge is 0.416 e. The van der Waals surface area contributed by atoms with Crippen LogP contribution >= 0.6 is 34.2 Å². The smallest absolute Gasteiger partial charge is 0.387 e. The fourth-order valence-electron chi connectivity index (χ4n) is 0.616. The van der Waals surface area contributed by atoms with Crippen LogP contribution in [0.5, 0.6) is 5.88 Å². The number of hydrogen-bond donors (Lipinski definition) is 0. The highest BCUT2D eigenvalue weighted by Gasteiger charge is 2.17. The summed E-state index contributed by atoms with van der Waals surface area (Å²) in [5.41, 5.74) is 0. The zero-order valence-corrected chi connectivity index (χ0v) is 10.5. The van der Waals surface area contributed by atoms with Crippen LogP contribution in [0.4, 0.5) is 4.79 Å². The van der Waals surface area contributed by atoms with Gasteiger partial charge in [0, 0.05) is 14.1 Å². The molecule has 14 heavy (non-hydrogen) atoms. The standard InChI is InChI=1S/C7H8ClIN2O3/c1-11(2)7(12)13-6-5(9)4(3-8)14-10-6/h3H2,1-2H3. The van der Waals surface area contributed by atoms with Crippen molar-refractivity contribution in [2.45, 2.75) is 5.88 Å². The second kappa shape index (κ2) is 4.83. The summed E-state index contributed by atoms with van der Waals surface area (Å²) in [6.45, 7) is 0. The molecule has 0 bridgehead atoms. The molecule has 1 aromatic heterocycles. The Morgan fingerprint density at radius 3 is 2.79 bits per heavy atom. The van der Waals surface area contributed by atoms with E-state index < -0.39 is 6.09 Å². The molecule has 0 N–H and O–H groups in total. The second-order valence-corrected chi connectivity index (χ2v) is 3.97. The van der Waals surface area contributed by atoms with Crippen LogP contribution in [0.3, 0.4) is 0 Å². The zero-order valence-electron chi connectivity index (χ0n) is 7.58. The highest BCUT2D eigenvalue weighted by Crippen LogP contribution is 2.24. The van der Waals surface area contributed by atoms with E-state index in [0.717, 1.165) is 0 Å². The van der Waals surface area contributed by atoms with Crippen molar-refractivity contribution in [3.05, 3.63) is 9.33 Å². The second-order valence-electron chi connectivity index (χ2n) is 2.62. The van der Waals surface area contributed by atoms with Gasteiger partial charge in [-0.2, -0.15) is 0 Å². The number of halogens is 2. The molecule has 7 heteroatoms. The third-order valence-corrected chi connectivity index (χ3v) is 2.65. The quantitative estimate of drug-likeness (QED) is 0.615. The molecule has 1 rings (SSSR count). The molecule has 0 fully saturated rings. The van der Waals surface area contributed by atoms with Gasteiger partial charge >= 0.3 is 6.09 Å². The van der Waals surface area contributed by atoms with Crippen LogP contribution in [0.15, 0.2) is 4.52 Å². The lowest BCUT2D eigenvalue weighted by atomic mass is 10.5. The first kappa shape index (κ1) is 11.6. The molecule has 0 spiro atoms. The van der Waals surface area contributed by atoms with Crippen LogP contribution < -0.4 is 4.74 Å². The fourth-order valence-corrected chi connectivity index (χ4v) is 1.52. The van der Waals surface area contributed by atoms with Crippen molar-refractivity contribution in [3.63, 3.8) is 0 Å². The van der Waals surface area contributed by atoms with E-state index in [1.165, 1.54) is 4.90 Å². The third kappa shape index (κ3) is 2.50. The Morgan fingerprint density at radius 1 is 1.71 bits per heavy atom. The van der Waals surface area contributed by atoms with Crippen LogP contribution in [-0.4, -0.2) is 30.2 Å². The van der Waals surface area contributed by atoms with Gasteiger partial charge in [0.15, 0.2) is 5.76 Å². The molecule has 0 unspecified atom stereocenters. The van der Waals surface area contributed by atoms with Gasteiger partial charge in [0.2, 0.25) is 0 Å². The number of nitrogens with zero attached hydrogens (tertiary/aromatic N) is 2. The van der Waals surface area contributed by atoms with Crippen molar-refractivity contribution in [3.8, 4) is 5.88 Å². The lowest BCUT2D eigenvalue weighted by Crippen LogP contribution is -2.25. The summed E-state index contributed by atoms with van der Waals surface area (Å²) < 4.78 is 10.4. The lowest BCUT2D eigenvalue weighted by Gasteiger charge is -2.07. The predicted molar refractivity (Wildman–Crippen MR) is 58.5 cm³/mol. The highest BCUT2D eigenvalue weighted by atomic mass is 127. The van der Waals surface area contributed by atoms with Crippen molar-refractivity contribution in [2.24, 2.45) is 0 Å². The van der Waals surface area contributed by atoms with E-state index in [-0.39, 0.29) is 11.8 Å². The molecule has 0 saturated heterocycles. The van der Waals surface area contributed by atoms with Crippen LogP contribution in [-0.2, 0) is 5.88 Å². The maximum atomic E-state index is 11.1. The van der Waals surface area contributed by atoms with E-state index in [9.17, 15) is 4.79 Å². The molecule has 1 aromatic rings. The monoisotopic (exact) mass is 330 g/mol. The van der Waals surface area contributed by atoms with E-state index in [4.69, 9.17) is 20.9 Å². The minimum atomic E-state index is -0.502. The number of carbonyl (C=O) groups is 1. The average Bonchev–Trinajstić information content (AvgIpc) is 2.47. The van der Waals surface area contributed by atoms with Crippen LogP contribution in [0.2, 0.25) is 0 Å². The van der Waals surface area contributed by atoms with Crippen molar-refractivity contribution < 1.29 is 14.1 Å². The maximum absolute atomic E-state index is 11.1. The van der Waals surface area contributed by atoms with Crippen LogP contribution in [0.1, 0.15) is 5.76 Å². The SMILES string of the molecule is CN(C)C(=O)Oc1noc(CCl)c1I. The summed E-state index contributed by atoms with van der Waals surface area (Å²) in [7, 11) is 3.16. The Morgan fingerprint density at radius 2 is 2.36 bits per heavy atom. The number of rotatable bonds is 2. The van der Waals surface area contributed by atoms with E-state index >= 15 is 0 Å². The summed E-state index contributed by atoms with van der Waals surface area (Å²) >= 11 is 7.51. The molecular weight excluding hydrogens is 322 g/mol. The Balaban J connectivity index is 2.77. The first-order valence-corrected chi connectivity index (χ1v) is 5.26. The van der Waals surface area contributed by atoms with E-state index in [1.807, 2.05) is 22.6 Å². The van der Waals surface area contributed by atoms with Gasteiger partial charge in [-0.3, -0.25) is 0 Å². The van der Waals surface area contributed by atoms with E-state index in [1.54, 1.807) is 14.1 Å². The normalized spacial score (nSPS) is 10.0. The van der Waals surface area contributed by atoms with Gasteiger partial charge in [-0.25, -0.2) is 4.79 Å². The van der Waals surface area contributed by atoms with Gasteiger partial charge in [-0.1, -0.05) is 0 Å². The molecule has 78 valence electrons. The molecule has 0 aromatic carbocycles. The van der Waals surface area contributed by atoms with Crippen molar-refractivity contribution in [1.82, 2.24) is 10.1 Å². The summed E-state index contributed by atoms with van der Waals surface area (Å²) in [5, 5.41) is 3.57. The number of carbonyl (C=O) groups excluding carboxylic acids is 1. The van der Waals surface area contributed by atoms with Crippen molar-refractivity contribution >= 4 is 40.3 Å². The first-order chi connectivity index (χ1) is 6.56. The average molecular weight is 331 g/mol. The van der Waals surface area contributed by atoms with E-state index in [0.29, 0.717) is 9.33 Å². The highest BCUT2D eigenvalue weighted by molar-refractivity contribution is 14.1. The minimum absolute atomic E-state index is 0.153. The molecule has 0 atom stereocenters. The Hall–Kier alpha value is -0.500. The Bertz CT molecular complexity index is 340. The van der Waals surface area contributed by atoms with Gasteiger partial charge in [0.25, 0.3) is 5.88 Å². The van der Waals surface area contributed by atoms with Crippen molar-refractivity contribution in [2.75, 3.05) is 14.1 Å². The van der Waals surface area contributed by atoms with Gasteiger partial charge in [-0.05, 0) is 27.7 Å². The molecule has 0 aliphatic heterocycles. The number of aromatic nitrogens is 1. The predicted octanol–water partition coefficient (Wildman–Crippen LogP) is 2.08. The fraction of sp³-hybridized carbons (Fsp3) is 0.429. The molecule has 0 saturated carbocycles. The van der Waals surface area contributed by atoms with Crippen molar-refractivity contribution in [1.29, 1.82) is 0 Å². The Labute approximate surface area is 99.5 Å². The number of amides is 1. The Kier molecular flexibility index (Phi) is 3.99. The molecule has 1 heterocycles. The van der Waals surface area contributed by atoms with Gasteiger partial charge in [0.1, 0.15) is 3.57 Å². The van der Waals surface area contributed by atoms with Crippen LogP contribution in [0, 0.1) is 3.57 Å². The molecule has 0 aliphatic carbocycles. The van der Waals surface area contributed by atoms with Gasteiger partial charge in [-0.15, -0.1) is 11.6 Å². The van der Waals surface area contributed by atoms with Crippen LogP contribution in [0.25, 0.3) is 0 Å². The molecule has 5 nitrogen and oxygen atoms in total. The first-order valence-electron chi connectivity index (χ1n) is 3.65. The zero-order chi connectivity index (χ0) is 10.7. The molecule has 1 amide bonds. The molecule has 0 aliphatic rings. The van der Waals surface area contributed by atoms with Gasteiger partial charge in [0.05, 0.1) is 5.88 Å². The van der Waals surface area contributed by atoms with E-state index in [2.05, 4.69) is 5.16 Å². The summed E-state index contributed by atoms with van der Waals surface area (Å²) in [5.74, 6) is 0.846. The topological polar surface area (TPSA) is 55.6 Å². The summed E-state index contributed by atoms with van der Waals surface area (Å²) in [4.78, 5) is 12.4. The number of alkyl halides is 1. The minimum Gasteiger partial charge on any atom is -0.387 e. The number of hydrogen-bond acceptors (Lipinski definition) is 4. The third-order valence-electron chi connectivity index (χ3n) is 1.34. The molecule has 0 radical (unpaired) electrons. The summed E-state index contributed by atoms with van der Waals surface area (Å²) in [6, 6.07) is 0. The maximum Gasteiger partial charge on any atom is 0.416 e. The summed E-state index contributed by atoms with van der Waals surface area (Å²) in [6.07, 6.45) is -0.502. The van der Waals surface area contributed by atoms with Gasteiger partial charge < -0.3 is 14.2 Å². The lowest BCUT2D eigenvalue weighted by molar-refractivity contribution is 0.167.